The minimum Gasteiger partial charge on any atom is -0.494 e. The lowest BCUT2D eigenvalue weighted by molar-refractivity contribution is 0.102. The van der Waals surface area contributed by atoms with Crippen molar-refractivity contribution in [3.63, 3.8) is 0 Å². The normalized spacial score (nSPS) is 10.6. The molecule has 1 aromatic heterocycles. The van der Waals surface area contributed by atoms with Gasteiger partial charge in [0.1, 0.15) is 5.75 Å². The lowest BCUT2D eigenvalue weighted by Gasteiger charge is -2.11. The molecule has 0 radical (unpaired) electrons. The molecule has 0 atom stereocenters. The van der Waals surface area contributed by atoms with Crippen LogP contribution < -0.4 is 10.1 Å². The zero-order chi connectivity index (χ0) is 21.6. The number of thioether (sulfide) groups is 1. The summed E-state index contributed by atoms with van der Waals surface area (Å²) in [5, 5.41) is 3.00. The Balaban J connectivity index is 1.61. The number of carbonyl (C=O) groups excluding carboxylic acids is 1. The van der Waals surface area contributed by atoms with Crippen LogP contribution in [0.3, 0.4) is 0 Å². The minimum atomic E-state index is -0.210. The van der Waals surface area contributed by atoms with E-state index in [1.165, 1.54) is 0 Å². The number of carbonyl (C=O) groups is 1. The van der Waals surface area contributed by atoms with Crippen LogP contribution in [0.2, 0.25) is 0 Å². The topological polar surface area (TPSA) is 64.4 Å². The molecule has 4 rings (SSSR count). The van der Waals surface area contributed by atoms with Gasteiger partial charge in [-0.05, 0) is 61.7 Å². The Morgan fingerprint density at radius 3 is 2.55 bits per heavy atom. The first kappa shape index (κ1) is 20.8. The zero-order valence-electron chi connectivity index (χ0n) is 17.3. The van der Waals surface area contributed by atoms with Gasteiger partial charge < -0.3 is 14.5 Å². The van der Waals surface area contributed by atoms with Gasteiger partial charge in [0.25, 0.3) is 5.91 Å². The molecule has 156 valence electrons. The van der Waals surface area contributed by atoms with E-state index in [9.17, 15) is 4.79 Å². The number of oxazole rings is 1. The molecule has 0 saturated heterocycles. The predicted octanol–water partition coefficient (Wildman–Crippen LogP) is 6.38. The van der Waals surface area contributed by atoms with E-state index in [0.29, 0.717) is 29.4 Å². The summed E-state index contributed by atoms with van der Waals surface area (Å²) in [6.45, 7) is 2.57. The van der Waals surface area contributed by atoms with Crippen LogP contribution >= 0.6 is 11.8 Å². The number of para-hydroxylation sites is 1. The third-order valence-electron chi connectivity index (χ3n) is 4.71. The van der Waals surface area contributed by atoms with Crippen molar-refractivity contribution in [1.29, 1.82) is 0 Å². The van der Waals surface area contributed by atoms with Gasteiger partial charge >= 0.3 is 0 Å². The maximum atomic E-state index is 13.0. The third kappa shape index (κ3) is 4.64. The molecule has 0 aliphatic carbocycles. The standard InChI is InChI=1S/C25H22N2O3S/c1-3-29-18-14-12-17(13-15-18)22-16-26-25(30-22)20-9-5-4-8-19(20)24(28)27-21-10-6-7-11-23(21)31-2/h4-16H,3H2,1-2H3,(H,27,28). The van der Waals surface area contributed by atoms with Gasteiger partial charge in [-0.15, -0.1) is 11.8 Å². The van der Waals surface area contributed by atoms with Gasteiger partial charge in [0.2, 0.25) is 5.89 Å². The van der Waals surface area contributed by atoms with Gasteiger partial charge in [-0.25, -0.2) is 4.98 Å². The number of hydrogen-bond donors (Lipinski definition) is 1. The van der Waals surface area contributed by atoms with E-state index in [2.05, 4.69) is 10.3 Å². The summed E-state index contributed by atoms with van der Waals surface area (Å²) in [5.41, 5.74) is 2.80. The molecule has 4 aromatic rings. The summed E-state index contributed by atoms with van der Waals surface area (Å²) in [4.78, 5) is 18.5. The van der Waals surface area contributed by atoms with Crippen molar-refractivity contribution in [3.8, 4) is 28.5 Å². The molecule has 0 fully saturated rings. The van der Waals surface area contributed by atoms with Crippen LogP contribution in [0.25, 0.3) is 22.8 Å². The van der Waals surface area contributed by atoms with Crippen LogP contribution in [0.1, 0.15) is 17.3 Å². The number of amides is 1. The van der Waals surface area contributed by atoms with Gasteiger partial charge in [0.15, 0.2) is 5.76 Å². The average molecular weight is 431 g/mol. The Morgan fingerprint density at radius 1 is 1.03 bits per heavy atom. The average Bonchev–Trinajstić information content (AvgIpc) is 3.30. The first-order valence-electron chi connectivity index (χ1n) is 9.92. The quantitative estimate of drug-likeness (QED) is 0.345. The highest BCUT2D eigenvalue weighted by atomic mass is 32.2. The van der Waals surface area contributed by atoms with Crippen molar-refractivity contribution in [1.82, 2.24) is 4.98 Å². The zero-order valence-corrected chi connectivity index (χ0v) is 18.1. The number of ether oxygens (including phenoxy) is 1. The molecule has 0 unspecified atom stereocenters. The summed E-state index contributed by atoms with van der Waals surface area (Å²) in [6, 6.07) is 22.7. The number of rotatable bonds is 7. The SMILES string of the molecule is CCOc1ccc(-c2cnc(-c3ccccc3C(=O)Nc3ccccc3SC)o2)cc1. The van der Waals surface area contributed by atoms with Crippen LogP contribution in [0.4, 0.5) is 5.69 Å². The van der Waals surface area contributed by atoms with Gasteiger partial charge in [-0.3, -0.25) is 4.79 Å². The van der Waals surface area contributed by atoms with Crippen LogP contribution in [0.15, 0.2) is 88.3 Å². The van der Waals surface area contributed by atoms with Crippen molar-refractivity contribution < 1.29 is 13.9 Å². The molecule has 0 saturated carbocycles. The van der Waals surface area contributed by atoms with E-state index in [1.54, 1.807) is 24.0 Å². The number of nitrogens with zero attached hydrogens (tertiary/aromatic N) is 1. The summed E-state index contributed by atoms with van der Waals surface area (Å²) in [5.74, 6) is 1.62. The van der Waals surface area contributed by atoms with E-state index in [1.807, 2.05) is 79.9 Å². The summed E-state index contributed by atoms with van der Waals surface area (Å²) in [6.07, 6.45) is 3.65. The molecule has 1 amide bonds. The molecule has 0 aliphatic rings. The molecule has 5 nitrogen and oxygen atoms in total. The highest BCUT2D eigenvalue weighted by Gasteiger charge is 2.18. The van der Waals surface area contributed by atoms with E-state index in [0.717, 1.165) is 21.9 Å². The van der Waals surface area contributed by atoms with Crippen molar-refractivity contribution in [3.05, 3.63) is 84.6 Å². The van der Waals surface area contributed by atoms with Crippen LogP contribution in [-0.4, -0.2) is 23.8 Å². The molecule has 0 bridgehead atoms. The first-order chi connectivity index (χ1) is 15.2. The first-order valence-corrected chi connectivity index (χ1v) is 11.1. The molecule has 1 heterocycles. The Bertz CT molecular complexity index is 1190. The molecule has 6 heteroatoms. The monoisotopic (exact) mass is 430 g/mol. The van der Waals surface area contributed by atoms with E-state index in [4.69, 9.17) is 9.15 Å². The maximum Gasteiger partial charge on any atom is 0.256 e. The largest absolute Gasteiger partial charge is 0.494 e. The molecule has 31 heavy (non-hydrogen) atoms. The van der Waals surface area contributed by atoms with E-state index < -0.39 is 0 Å². The lowest BCUT2D eigenvalue weighted by atomic mass is 10.1. The third-order valence-corrected chi connectivity index (χ3v) is 5.51. The molecule has 0 aliphatic heterocycles. The number of hydrogen-bond acceptors (Lipinski definition) is 5. The summed E-state index contributed by atoms with van der Waals surface area (Å²) < 4.78 is 11.5. The van der Waals surface area contributed by atoms with Gasteiger partial charge in [0.05, 0.1) is 24.1 Å². The molecular formula is C25H22N2O3S. The van der Waals surface area contributed by atoms with Crippen LogP contribution in [0.5, 0.6) is 5.75 Å². The second kappa shape index (κ2) is 9.53. The maximum absolute atomic E-state index is 13.0. The lowest BCUT2D eigenvalue weighted by Crippen LogP contribution is -2.13. The van der Waals surface area contributed by atoms with Crippen LogP contribution in [-0.2, 0) is 0 Å². The van der Waals surface area contributed by atoms with E-state index >= 15 is 0 Å². The number of anilines is 1. The second-order valence-electron chi connectivity index (χ2n) is 6.69. The van der Waals surface area contributed by atoms with Crippen molar-refractivity contribution in [2.24, 2.45) is 0 Å². The van der Waals surface area contributed by atoms with Gasteiger partial charge in [-0.2, -0.15) is 0 Å². The van der Waals surface area contributed by atoms with Crippen molar-refractivity contribution in [2.75, 3.05) is 18.2 Å². The highest BCUT2D eigenvalue weighted by molar-refractivity contribution is 7.98. The summed E-state index contributed by atoms with van der Waals surface area (Å²) in [7, 11) is 0. The van der Waals surface area contributed by atoms with Gasteiger partial charge in [-0.1, -0.05) is 24.3 Å². The highest BCUT2D eigenvalue weighted by Crippen LogP contribution is 2.30. The molecule has 1 N–H and O–H groups in total. The smallest absolute Gasteiger partial charge is 0.256 e. The minimum absolute atomic E-state index is 0.210. The molecule has 3 aromatic carbocycles. The fraction of sp³-hybridized carbons (Fsp3) is 0.120. The van der Waals surface area contributed by atoms with E-state index in [-0.39, 0.29) is 5.91 Å². The number of benzene rings is 3. The molecular weight excluding hydrogens is 408 g/mol. The fourth-order valence-corrected chi connectivity index (χ4v) is 3.77. The Kier molecular flexibility index (Phi) is 6.38. The predicted molar refractivity (Wildman–Crippen MR) is 125 cm³/mol. The Hall–Kier alpha value is -3.51. The fourth-order valence-electron chi connectivity index (χ4n) is 3.22. The Labute approximate surface area is 185 Å². The Morgan fingerprint density at radius 2 is 1.77 bits per heavy atom. The summed E-state index contributed by atoms with van der Waals surface area (Å²) >= 11 is 1.58. The number of nitrogens with one attached hydrogen (secondary N) is 1. The van der Waals surface area contributed by atoms with Crippen LogP contribution in [0, 0.1) is 0 Å². The van der Waals surface area contributed by atoms with Crippen molar-refractivity contribution in [2.45, 2.75) is 11.8 Å². The number of aromatic nitrogens is 1. The molecule has 0 spiro atoms. The van der Waals surface area contributed by atoms with Crippen molar-refractivity contribution >= 4 is 23.4 Å². The van der Waals surface area contributed by atoms with Gasteiger partial charge in [0, 0.05) is 16.0 Å². The second-order valence-corrected chi connectivity index (χ2v) is 7.54.